The van der Waals surface area contributed by atoms with E-state index in [2.05, 4.69) is 5.32 Å². The fraction of sp³-hybridized carbons (Fsp3) is 0.312. The molecule has 2 rings (SSSR count). The largest absolute Gasteiger partial charge is 0.463 e. The first kappa shape index (κ1) is 19.8. The predicted octanol–water partition coefficient (Wildman–Crippen LogP) is 2.62. The number of hydrogen-bond donors (Lipinski definition) is 1. The van der Waals surface area contributed by atoms with Gasteiger partial charge in [-0.05, 0) is 19.1 Å². The summed E-state index contributed by atoms with van der Waals surface area (Å²) in [5.41, 5.74) is -1.39. The SMILES string of the molecule is CCOC(=O)/C=C1\SCC(=O)N1CC(=O)Nc1ccccc1C(F)(F)F. The van der Waals surface area contributed by atoms with Crippen LogP contribution in [0.25, 0.3) is 0 Å². The third kappa shape index (κ3) is 5.01. The Bertz CT molecular complexity index is 749. The van der Waals surface area contributed by atoms with Crippen molar-refractivity contribution in [1.82, 2.24) is 4.90 Å². The van der Waals surface area contributed by atoms with Crippen LogP contribution < -0.4 is 5.32 Å². The van der Waals surface area contributed by atoms with Gasteiger partial charge in [-0.2, -0.15) is 13.2 Å². The van der Waals surface area contributed by atoms with Crippen LogP contribution in [0.4, 0.5) is 18.9 Å². The van der Waals surface area contributed by atoms with Crippen molar-refractivity contribution in [1.29, 1.82) is 0 Å². The van der Waals surface area contributed by atoms with Gasteiger partial charge in [-0.25, -0.2) is 4.79 Å². The fourth-order valence-electron chi connectivity index (χ4n) is 2.16. The molecule has 1 heterocycles. The third-order valence-electron chi connectivity index (χ3n) is 3.25. The number of carbonyl (C=O) groups excluding carboxylic acids is 3. The summed E-state index contributed by atoms with van der Waals surface area (Å²) in [7, 11) is 0. The molecular weight excluding hydrogens is 373 g/mol. The van der Waals surface area contributed by atoms with Crippen molar-refractivity contribution in [2.45, 2.75) is 13.1 Å². The summed E-state index contributed by atoms with van der Waals surface area (Å²) in [6, 6.07) is 4.53. The van der Waals surface area contributed by atoms with E-state index in [1.165, 1.54) is 12.1 Å². The van der Waals surface area contributed by atoms with Crippen LogP contribution in [0.15, 0.2) is 35.4 Å². The highest BCUT2D eigenvalue weighted by Gasteiger charge is 2.34. The monoisotopic (exact) mass is 388 g/mol. The second-order valence-electron chi connectivity index (χ2n) is 5.09. The predicted molar refractivity (Wildman–Crippen MR) is 89.0 cm³/mol. The Morgan fingerprint density at radius 1 is 1.35 bits per heavy atom. The van der Waals surface area contributed by atoms with Gasteiger partial charge < -0.3 is 10.1 Å². The maximum Gasteiger partial charge on any atom is 0.418 e. The lowest BCUT2D eigenvalue weighted by Crippen LogP contribution is -2.34. The molecule has 6 nitrogen and oxygen atoms in total. The van der Waals surface area contributed by atoms with E-state index in [1.54, 1.807) is 6.92 Å². The maximum absolute atomic E-state index is 13.0. The smallest absolute Gasteiger partial charge is 0.418 e. The molecule has 0 atom stereocenters. The van der Waals surface area contributed by atoms with E-state index in [-0.39, 0.29) is 17.4 Å². The highest BCUT2D eigenvalue weighted by Crippen LogP contribution is 2.34. The van der Waals surface area contributed by atoms with Crippen LogP contribution in [0.3, 0.4) is 0 Å². The summed E-state index contributed by atoms with van der Waals surface area (Å²) in [4.78, 5) is 36.6. The molecule has 1 aliphatic heterocycles. The number of nitrogens with zero attached hydrogens (tertiary/aromatic N) is 1. The normalized spacial score (nSPS) is 16.1. The topological polar surface area (TPSA) is 75.7 Å². The van der Waals surface area contributed by atoms with Crippen LogP contribution in [-0.4, -0.2) is 41.6 Å². The van der Waals surface area contributed by atoms with Gasteiger partial charge in [0.1, 0.15) is 6.54 Å². The van der Waals surface area contributed by atoms with Crippen LogP contribution in [0.5, 0.6) is 0 Å². The van der Waals surface area contributed by atoms with Gasteiger partial charge in [0.25, 0.3) is 0 Å². The van der Waals surface area contributed by atoms with Crippen molar-refractivity contribution >= 4 is 35.2 Å². The van der Waals surface area contributed by atoms with Crippen molar-refractivity contribution in [2.75, 3.05) is 24.2 Å². The van der Waals surface area contributed by atoms with Crippen LogP contribution >= 0.6 is 11.8 Å². The second-order valence-corrected chi connectivity index (χ2v) is 6.09. The Morgan fingerprint density at radius 3 is 2.69 bits per heavy atom. The number of benzene rings is 1. The van der Waals surface area contributed by atoms with E-state index in [0.717, 1.165) is 34.9 Å². The van der Waals surface area contributed by atoms with Gasteiger partial charge in [0.2, 0.25) is 11.8 Å². The van der Waals surface area contributed by atoms with Gasteiger partial charge in [0.05, 0.1) is 34.7 Å². The summed E-state index contributed by atoms with van der Waals surface area (Å²) in [5.74, 6) is -1.88. The highest BCUT2D eigenvalue weighted by atomic mass is 32.2. The molecule has 0 bridgehead atoms. The summed E-state index contributed by atoms with van der Waals surface area (Å²) < 4.78 is 43.6. The van der Waals surface area contributed by atoms with Crippen LogP contribution in [0.1, 0.15) is 12.5 Å². The first-order chi connectivity index (χ1) is 12.2. The number of para-hydroxylation sites is 1. The average Bonchev–Trinajstić information content (AvgIpc) is 2.87. The lowest BCUT2D eigenvalue weighted by atomic mass is 10.1. The molecule has 1 saturated heterocycles. The third-order valence-corrected chi connectivity index (χ3v) is 4.27. The number of carbonyl (C=O) groups is 3. The molecule has 0 aromatic heterocycles. The highest BCUT2D eigenvalue weighted by molar-refractivity contribution is 8.04. The molecule has 140 valence electrons. The van der Waals surface area contributed by atoms with E-state index >= 15 is 0 Å². The molecule has 0 unspecified atom stereocenters. The molecule has 0 spiro atoms. The summed E-state index contributed by atoms with van der Waals surface area (Å²) >= 11 is 1.05. The number of thioether (sulfide) groups is 1. The molecule has 10 heteroatoms. The van der Waals surface area contributed by atoms with Crippen LogP contribution in [0.2, 0.25) is 0 Å². The first-order valence-electron chi connectivity index (χ1n) is 7.50. The quantitative estimate of drug-likeness (QED) is 0.620. The summed E-state index contributed by atoms with van der Waals surface area (Å²) in [6.45, 7) is 1.26. The number of nitrogens with one attached hydrogen (secondary N) is 1. The number of ether oxygens (including phenoxy) is 1. The van der Waals surface area contributed by atoms with Gasteiger partial charge in [-0.15, -0.1) is 0 Å². The molecule has 1 aromatic rings. The average molecular weight is 388 g/mol. The van der Waals surface area contributed by atoms with Crippen molar-refractivity contribution in [3.05, 3.63) is 40.9 Å². The number of anilines is 1. The number of alkyl halides is 3. The Morgan fingerprint density at radius 2 is 2.04 bits per heavy atom. The lowest BCUT2D eigenvalue weighted by Gasteiger charge is -2.18. The van der Waals surface area contributed by atoms with Gasteiger partial charge in [0, 0.05) is 0 Å². The molecule has 1 fully saturated rings. The van der Waals surface area contributed by atoms with Gasteiger partial charge in [-0.3, -0.25) is 14.5 Å². The van der Waals surface area contributed by atoms with Crippen molar-refractivity contribution in [2.24, 2.45) is 0 Å². The van der Waals surface area contributed by atoms with E-state index in [9.17, 15) is 27.6 Å². The minimum atomic E-state index is -4.63. The minimum Gasteiger partial charge on any atom is -0.463 e. The molecular formula is C16H15F3N2O4S. The van der Waals surface area contributed by atoms with Crippen molar-refractivity contribution < 1.29 is 32.3 Å². The fourth-order valence-corrected chi connectivity index (χ4v) is 3.09. The Kier molecular flexibility index (Phi) is 6.30. The maximum atomic E-state index is 13.0. The van der Waals surface area contributed by atoms with Gasteiger partial charge >= 0.3 is 12.1 Å². The van der Waals surface area contributed by atoms with Crippen LogP contribution in [0, 0.1) is 0 Å². The van der Waals surface area contributed by atoms with E-state index in [4.69, 9.17) is 4.74 Å². The summed E-state index contributed by atoms with van der Waals surface area (Å²) in [5, 5.41) is 2.37. The Hall–Kier alpha value is -2.49. The molecule has 0 saturated carbocycles. The van der Waals surface area contributed by atoms with Gasteiger partial charge in [0.15, 0.2) is 0 Å². The molecule has 2 amide bonds. The van der Waals surface area contributed by atoms with Crippen molar-refractivity contribution in [3.8, 4) is 0 Å². The molecule has 26 heavy (non-hydrogen) atoms. The zero-order chi connectivity index (χ0) is 19.3. The number of amides is 2. The standard InChI is InChI=1S/C16H15F3N2O4S/c1-2-25-15(24)7-14-21(13(23)9-26-14)8-12(22)20-11-6-4-3-5-10(11)16(17,18)19/h3-7H,2,8-9H2,1H3,(H,20,22)/b14-7-. The number of esters is 1. The van der Waals surface area contributed by atoms with E-state index < -0.39 is 41.8 Å². The number of rotatable bonds is 5. The molecule has 0 radical (unpaired) electrons. The minimum absolute atomic E-state index is 0.0255. The summed E-state index contributed by atoms with van der Waals surface area (Å²) in [6.07, 6.45) is -3.55. The van der Waals surface area contributed by atoms with Crippen LogP contribution in [-0.2, 0) is 25.3 Å². The first-order valence-corrected chi connectivity index (χ1v) is 8.48. The molecule has 1 aliphatic rings. The Labute approximate surface area is 151 Å². The molecule has 1 aromatic carbocycles. The van der Waals surface area contributed by atoms with E-state index in [0.29, 0.717) is 0 Å². The second kappa shape index (κ2) is 8.26. The van der Waals surface area contributed by atoms with Gasteiger partial charge in [-0.1, -0.05) is 23.9 Å². The Balaban J connectivity index is 2.12. The zero-order valence-corrected chi connectivity index (χ0v) is 14.4. The van der Waals surface area contributed by atoms with Crippen molar-refractivity contribution in [3.63, 3.8) is 0 Å². The molecule has 1 N–H and O–H groups in total. The number of halogens is 3. The molecule has 0 aliphatic carbocycles. The lowest BCUT2D eigenvalue weighted by molar-refractivity contribution is -0.138. The zero-order valence-electron chi connectivity index (χ0n) is 13.6. The van der Waals surface area contributed by atoms with E-state index in [1.807, 2.05) is 0 Å². The number of hydrogen-bond acceptors (Lipinski definition) is 5.